The molecule has 1 saturated carbocycles. The lowest BCUT2D eigenvalue weighted by Crippen LogP contribution is -2.21. The second-order valence-corrected chi connectivity index (χ2v) is 6.95. The maximum Gasteiger partial charge on any atom is 0.337 e. The summed E-state index contributed by atoms with van der Waals surface area (Å²) in [5.74, 6) is -1.17. The Hall–Kier alpha value is -1.60. The highest BCUT2D eigenvalue weighted by atomic mass is 32.2. The Balaban J connectivity index is 2.28. The minimum absolute atomic E-state index is 0.0641. The predicted octanol–water partition coefficient (Wildman–Crippen LogP) is 2.17. The van der Waals surface area contributed by atoms with E-state index in [2.05, 4.69) is 5.32 Å². The number of carboxylic acid groups (broad SMARTS) is 1. The van der Waals surface area contributed by atoms with Gasteiger partial charge in [-0.3, -0.25) is 0 Å². The summed E-state index contributed by atoms with van der Waals surface area (Å²) < 4.78 is 22.6. The first-order chi connectivity index (χ1) is 9.88. The van der Waals surface area contributed by atoms with E-state index >= 15 is 0 Å². The van der Waals surface area contributed by atoms with Crippen LogP contribution in [0.2, 0.25) is 0 Å². The molecule has 0 atom stereocenters. The van der Waals surface area contributed by atoms with Gasteiger partial charge in [0.2, 0.25) is 10.0 Å². The topological polar surface area (TPSA) is 109 Å². The van der Waals surface area contributed by atoms with Crippen molar-refractivity contribution in [1.29, 1.82) is 0 Å². The van der Waals surface area contributed by atoms with Crippen LogP contribution in [0.1, 0.15) is 48.9 Å². The summed E-state index contributed by atoms with van der Waals surface area (Å²) in [5, 5.41) is 17.5. The molecule has 0 bridgehead atoms. The molecule has 1 aliphatic carbocycles. The van der Waals surface area contributed by atoms with Gasteiger partial charge in [0, 0.05) is 11.7 Å². The number of sulfonamides is 1. The van der Waals surface area contributed by atoms with Crippen LogP contribution in [0.15, 0.2) is 23.1 Å². The highest BCUT2D eigenvalue weighted by molar-refractivity contribution is 7.89. The Bertz CT molecular complexity index is 620. The Morgan fingerprint density at radius 1 is 1.19 bits per heavy atom. The first-order valence-corrected chi connectivity index (χ1v) is 8.59. The highest BCUT2D eigenvalue weighted by Gasteiger charge is 2.19. The van der Waals surface area contributed by atoms with Gasteiger partial charge in [-0.05, 0) is 31.0 Å². The van der Waals surface area contributed by atoms with Gasteiger partial charge >= 0.3 is 5.97 Å². The number of aromatic carboxylic acids is 1. The third-order valence-corrected chi connectivity index (χ3v) is 4.68. The number of hydrogen-bond donors (Lipinski definition) is 3. The van der Waals surface area contributed by atoms with E-state index < -0.39 is 16.0 Å². The second-order valence-electron chi connectivity index (χ2n) is 5.39. The van der Waals surface area contributed by atoms with Gasteiger partial charge in [-0.2, -0.15) is 0 Å². The highest BCUT2D eigenvalue weighted by Crippen LogP contribution is 2.25. The minimum atomic E-state index is -3.91. The average molecular weight is 312 g/mol. The number of rotatable bonds is 4. The lowest BCUT2D eigenvalue weighted by molar-refractivity contribution is 0.0697. The third kappa shape index (κ3) is 4.18. The Kier molecular flexibility index (Phi) is 4.84. The zero-order chi connectivity index (χ0) is 15.5. The van der Waals surface area contributed by atoms with E-state index in [1.807, 2.05) is 0 Å². The summed E-state index contributed by atoms with van der Waals surface area (Å²) in [6.45, 7) is 0. The molecule has 0 heterocycles. The fourth-order valence-corrected chi connectivity index (χ4v) is 3.19. The summed E-state index contributed by atoms with van der Waals surface area (Å²) in [5.41, 5.74) is 0.382. The van der Waals surface area contributed by atoms with Gasteiger partial charge in [0.1, 0.15) is 0 Å². The maximum absolute atomic E-state index is 11.3. The van der Waals surface area contributed by atoms with Gasteiger partial charge in [-0.15, -0.1) is 0 Å². The number of carboxylic acids is 1. The molecule has 1 fully saturated rings. The molecule has 0 aromatic heterocycles. The molecule has 0 aliphatic heterocycles. The van der Waals surface area contributed by atoms with E-state index in [4.69, 9.17) is 5.14 Å². The molecule has 116 valence electrons. The largest absolute Gasteiger partial charge is 0.478 e. The molecular formula is C14H20N2O4S. The van der Waals surface area contributed by atoms with Crippen LogP contribution < -0.4 is 10.5 Å². The fourth-order valence-electron chi connectivity index (χ4n) is 2.65. The maximum atomic E-state index is 11.3. The zero-order valence-electron chi connectivity index (χ0n) is 11.7. The second kappa shape index (κ2) is 6.44. The number of anilines is 1. The zero-order valence-corrected chi connectivity index (χ0v) is 12.5. The van der Waals surface area contributed by atoms with Crippen molar-refractivity contribution in [3.8, 4) is 0 Å². The molecule has 4 N–H and O–H groups in total. The summed E-state index contributed by atoms with van der Waals surface area (Å²) in [7, 11) is -3.91. The number of carbonyl (C=O) groups is 1. The molecule has 7 heteroatoms. The molecule has 0 radical (unpaired) electrons. The van der Waals surface area contributed by atoms with Crippen molar-refractivity contribution < 1.29 is 18.3 Å². The lowest BCUT2D eigenvalue weighted by Gasteiger charge is -2.19. The quantitative estimate of drug-likeness (QED) is 0.738. The van der Waals surface area contributed by atoms with Crippen molar-refractivity contribution in [1.82, 2.24) is 0 Å². The van der Waals surface area contributed by atoms with Crippen molar-refractivity contribution in [2.24, 2.45) is 5.14 Å². The number of nitrogens with one attached hydrogen (secondary N) is 1. The van der Waals surface area contributed by atoms with Crippen LogP contribution in [0, 0.1) is 0 Å². The van der Waals surface area contributed by atoms with Crippen molar-refractivity contribution in [2.75, 3.05) is 5.32 Å². The van der Waals surface area contributed by atoms with Crippen LogP contribution in [0.4, 0.5) is 5.69 Å². The van der Waals surface area contributed by atoms with Crippen LogP contribution in [0.5, 0.6) is 0 Å². The monoisotopic (exact) mass is 312 g/mol. The first kappa shape index (κ1) is 15.8. The van der Waals surface area contributed by atoms with Crippen molar-refractivity contribution in [2.45, 2.75) is 49.5 Å². The van der Waals surface area contributed by atoms with Gasteiger partial charge in [0.05, 0.1) is 10.5 Å². The van der Waals surface area contributed by atoms with Gasteiger partial charge in [-0.1, -0.05) is 25.7 Å². The van der Waals surface area contributed by atoms with E-state index in [1.165, 1.54) is 25.0 Å². The summed E-state index contributed by atoms with van der Waals surface area (Å²) in [6.07, 6.45) is 6.64. The van der Waals surface area contributed by atoms with Gasteiger partial charge < -0.3 is 10.4 Å². The van der Waals surface area contributed by atoms with E-state index in [-0.39, 0.29) is 16.5 Å². The molecule has 1 aliphatic rings. The van der Waals surface area contributed by atoms with Crippen LogP contribution in [-0.4, -0.2) is 25.5 Å². The summed E-state index contributed by atoms with van der Waals surface area (Å²) in [6, 6.07) is 4.15. The SMILES string of the molecule is NS(=O)(=O)c1ccc(NC2CCCCCC2)c(C(=O)O)c1. The molecule has 0 amide bonds. The number of benzene rings is 1. The summed E-state index contributed by atoms with van der Waals surface area (Å²) >= 11 is 0. The van der Waals surface area contributed by atoms with Crippen molar-refractivity contribution in [3.05, 3.63) is 23.8 Å². The van der Waals surface area contributed by atoms with Crippen molar-refractivity contribution >= 4 is 21.7 Å². The molecule has 1 aromatic carbocycles. The van der Waals surface area contributed by atoms with E-state index in [9.17, 15) is 18.3 Å². The summed E-state index contributed by atoms with van der Waals surface area (Å²) in [4.78, 5) is 11.1. The smallest absolute Gasteiger partial charge is 0.337 e. The Labute approximate surface area is 124 Å². The van der Waals surface area contributed by atoms with E-state index in [0.717, 1.165) is 31.7 Å². The van der Waals surface area contributed by atoms with Crippen molar-refractivity contribution in [3.63, 3.8) is 0 Å². The van der Waals surface area contributed by atoms with E-state index in [1.54, 1.807) is 0 Å². The molecule has 2 rings (SSSR count). The first-order valence-electron chi connectivity index (χ1n) is 7.04. The number of nitrogens with two attached hydrogens (primary N) is 1. The Morgan fingerprint density at radius 3 is 2.33 bits per heavy atom. The molecule has 6 nitrogen and oxygen atoms in total. The molecular weight excluding hydrogens is 292 g/mol. The minimum Gasteiger partial charge on any atom is -0.478 e. The molecule has 0 saturated heterocycles. The number of hydrogen-bond acceptors (Lipinski definition) is 4. The number of primary sulfonamides is 1. The van der Waals surface area contributed by atoms with Crippen LogP contribution in [-0.2, 0) is 10.0 Å². The molecule has 0 unspecified atom stereocenters. The normalized spacial score (nSPS) is 17.2. The molecule has 1 aromatic rings. The van der Waals surface area contributed by atoms with Gasteiger partial charge in [-0.25, -0.2) is 18.4 Å². The van der Waals surface area contributed by atoms with Gasteiger partial charge in [0.15, 0.2) is 0 Å². The van der Waals surface area contributed by atoms with Crippen LogP contribution >= 0.6 is 0 Å². The predicted molar refractivity (Wildman–Crippen MR) is 79.9 cm³/mol. The molecule has 21 heavy (non-hydrogen) atoms. The van der Waals surface area contributed by atoms with Crippen LogP contribution in [0.3, 0.4) is 0 Å². The van der Waals surface area contributed by atoms with Gasteiger partial charge in [0.25, 0.3) is 0 Å². The Morgan fingerprint density at radius 2 is 1.81 bits per heavy atom. The fraction of sp³-hybridized carbons (Fsp3) is 0.500. The third-order valence-electron chi connectivity index (χ3n) is 3.76. The molecule has 0 spiro atoms. The van der Waals surface area contributed by atoms with E-state index in [0.29, 0.717) is 5.69 Å². The van der Waals surface area contributed by atoms with Crippen LogP contribution in [0.25, 0.3) is 0 Å². The standard InChI is InChI=1S/C14H20N2O4S/c15-21(19,20)11-7-8-13(12(9-11)14(17)18)16-10-5-3-1-2-4-6-10/h7-10,16H,1-6H2,(H,17,18)(H2,15,19,20). The average Bonchev–Trinajstić information content (AvgIpc) is 2.66. The lowest BCUT2D eigenvalue weighted by atomic mass is 10.1.